The fraction of sp³-hybridized carbons (Fsp3) is 0.333. The lowest BCUT2D eigenvalue weighted by Gasteiger charge is -2.13. The average molecular weight is 333 g/mol. The van der Waals surface area contributed by atoms with E-state index < -0.39 is 10.0 Å². The molecule has 0 aliphatic rings. The Balaban J connectivity index is 2.24. The summed E-state index contributed by atoms with van der Waals surface area (Å²) < 4.78 is 33.2. The van der Waals surface area contributed by atoms with Crippen LogP contribution in [0.1, 0.15) is 37.8 Å². The van der Waals surface area contributed by atoms with Gasteiger partial charge in [0.05, 0.1) is 17.2 Å². The Labute approximate surface area is 138 Å². The van der Waals surface area contributed by atoms with E-state index in [9.17, 15) is 8.42 Å². The van der Waals surface area contributed by atoms with Crippen molar-refractivity contribution in [3.05, 3.63) is 59.7 Å². The van der Waals surface area contributed by atoms with E-state index in [1.807, 2.05) is 31.2 Å². The Hall–Kier alpha value is -1.85. The summed E-state index contributed by atoms with van der Waals surface area (Å²) in [5.41, 5.74) is 2.48. The van der Waals surface area contributed by atoms with E-state index in [4.69, 9.17) is 4.74 Å². The molecule has 1 N–H and O–H groups in total. The van der Waals surface area contributed by atoms with Gasteiger partial charge in [0.15, 0.2) is 0 Å². The lowest BCUT2D eigenvalue weighted by atomic mass is 10.0. The minimum atomic E-state index is -3.61. The van der Waals surface area contributed by atoms with Gasteiger partial charge in [-0.15, -0.1) is 0 Å². The molecule has 0 atom stereocenters. The van der Waals surface area contributed by atoms with Gasteiger partial charge in [-0.05, 0) is 36.6 Å². The van der Waals surface area contributed by atoms with Crippen LogP contribution in [0.15, 0.2) is 53.4 Å². The molecule has 5 heteroatoms. The number of rotatable bonds is 7. The standard InChI is InChI=1S/C18H23NO3S/c1-4-22-13-16-7-5-6-8-18(16)19-23(20,21)17-11-9-15(10-12-17)14(2)3/h5-12,14,19H,4,13H2,1-3H3. The van der Waals surface area contributed by atoms with Crippen molar-refractivity contribution < 1.29 is 13.2 Å². The van der Waals surface area contributed by atoms with E-state index in [1.54, 1.807) is 24.3 Å². The van der Waals surface area contributed by atoms with Crippen LogP contribution in [0.5, 0.6) is 0 Å². The van der Waals surface area contributed by atoms with Gasteiger partial charge in [-0.3, -0.25) is 4.72 Å². The van der Waals surface area contributed by atoms with Crippen molar-refractivity contribution >= 4 is 15.7 Å². The molecule has 0 aliphatic carbocycles. The van der Waals surface area contributed by atoms with Gasteiger partial charge in [0.25, 0.3) is 10.0 Å². The molecule has 124 valence electrons. The van der Waals surface area contributed by atoms with Crippen LogP contribution >= 0.6 is 0 Å². The molecule has 2 rings (SSSR count). The summed E-state index contributed by atoms with van der Waals surface area (Å²) in [5.74, 6) is 0.367. The van der Waals surface area contributed by atoms with Gasteiger partial charge in [-0.2, -0.15) is 0 Å². The van der Waals surface area contributed by atoms with Gasteiger partial charge in [0.1, 0.15) is 0 Å². The van der Waals surface area contributed by atoms with E-state index in [-0.39, 0.29) is 4.90 Å². The van der Waals surface area contributed by atoms with E-state index >= 15 is 0 Å². The monoisotopic (exact) mass is 333 g/mol. The molecular formula is C18H23NO3S. The largest absolute Gasteiger partial charge is 0.377 e. The third kappa shape index (κ3) is 4.56. The number of nitrogens with one attached hydrogen (secondary N) is 1. The zero-order valence-electron chi connectivity index (χ0n) is 13.7. The first-order valence-corrected chi connectivity index (χ1v) is 9.20. The molecule has 0 radical (unpaired) electrons. The first-order chi connectivity index (χ1) is 10.9. The van der Waals surface area contributed by atoms with Crippen molar-refractivity contribution in [3.63, 3.8) is 0 Å². The Morgan fingerprint density at radius 1 is 1.04 bits per heavy atom. The van der Waals surface area contributed by atoms with Crippen molar-refractivity contribution in [2.45, 2.75) is 38.2 Å². The molecule has 0 bridgehead atoms. The molecule has 0 fully saturated rings. The van der Waals surface area contributed by atoms with Crippen molar-refractivity contribution in [2.24, 2.45) is 0 Å². The third-order valence-electron chi connectivity index (χ3n) is 3.58. The van der Waals surface area contributed by atoms with Crippen molar-refractivity contribution in [3.8, 4) is 0 Å². The van der Waals surface area contributed by atoms with Gasteiger partial charge < -0.3 is 4.74 Å². The summed E-state index contributed by atoms with van der Waals surface area (Å²) in [7, 11) is -3.61. The Morgan fingerprint density at radius 3 is 2.30 bits per heavy atom. The molecule has 0 saturated carbocycles. The SMILES string of the molecule is CCOCc1ccccc1NS(=O)(=O)c1ccc(C(C)C)cc1. The average Bonchev–Trinajstić information content (AvgIpc) is 2.54. The van der Waals surface area contributed by atoms with Crippen molar-refractivity contribution in [1.29, 1.82) is 0 Å². The van der Waals surface area contributed by atoms with Gasteiger partial charge in [-0.25, -0.2) is 8.42 Å². The topological polar surface area (TPSA) is 55.4 Å². The fourth-order valence-electron chi connectivity index (χ4n) is 2.19. The van der Waals surface area contributed by atoms with Crippen LogP contribution in [0.25, 0.3) is 0 Å². The number of anilines is 1. The predicted octanol–water partition coefficient (Wildman–Crippen LogP) is 4.15. The fourth-order valence-corrected chi connectivity index (χ4v) is 3.29. The van der Waals surface area contributed by atoms with Crippen molar-refractivity contribution in [2.75, 3.05) is 11.3 Å². The van der Waals surface area contributed by atoms with Gasteiger partial charge in [0, 0.05) is 12.2 Å². The van der Waals surface area contributed by atoms with Crippen LogP contribution in [-0.2, 0) is 21.4 Å². The van der Waals surface area contributed by atoms with Crippen LogP contribution in [0, 0.1) is 0 Å². The Morgan fingerprint density at radius 2 is 1.70 bits per heavy atom. The van der Waals surface area contributed by atoms with Crippen LogP contribution < -0.4 is 4.72 Å². The minimum absolute atomic E-state index is 0.258. The zero-order chi connectivity index (χ0) is 16.9. The second kappa shape index (κ2) is 7.62. The highest BCUT2D eigenvalue weighted by Crippen LogP contribution is 2.22. The number of para-hydroxylation sites is 1. The molecule has 2 aromatic carbocycles. The quantitative estimate of drug-likeness (QED) is 0.828. The summed E-state index contributed by atoms with van der Waals surface area (Å²) in [6, 6.07) is 14.3. The Kier molecular flexibility index (Phi) is 5.80. The highest BCUT2D eigenvalue weighted by atomic mass is 32.2. The molecule has 2 aromatic rings. The lowest BCUT2D eigenvalue weighted by molar-refractivity contribution is 0.134. The second-order valence-electron chi connectivity index (χ2n) is 5.62. The molecule has 0 aliphatic heterocycles. The lowest BCUT2D eigenvalue weighted by Crippen LogP contribution is -2.14. The van der Waals surface area contributed by atoms with Crippen LogP contribution in [-0.4, -0.2) is 15.0 Å². The maximum absolute atomic E-state index is 12.6. The molecule has 0 unspecified atom stereocenters. The first-order valence-electron chi connectivity index (χ1n) is 7.72. The smallest absolute Gasteiger partial charge is 0.261 e. The first kappa shape index (κ1) is 17.5. The molecule has 23 heavy (non-hydrogen) atoms. The molecule has 0 saturated heterocycles. The molecule has 4 nitrogen and oxygen atoms in total. The normalized spacial score (nSPS) is 11.7. The molecule has 0 amide bonds. The van der Waals surface area contributed by atoms with Gasteiger partial charge >= 0.3 is 0 Å². The van der Waals surface area contributed by atoms with Crippen LogP contribution in [0.2, 0.25) is 0 Å². The highest BCUT2D eigenvalue weighted by molar-refractivity contribution is 7.92. The van der Waals surface area contributed by atoms with Gasteiger partial charge in [-0.1, -0.05) is 44.2 Å². The van der Waals surface area contributed by atoms with Crippen LogP contribution in [0.4, 0.5) is 5.69 Å². The van der Waals surface area contributed by atoms with Crippen molar-refractivity contribution in [1.82, 2.24) is 0 Å². The second-order valence-corrected chi connectivity index (χ2v) is 7.31. The molecule has 0 spiro atoms. The summed E-state index contributed by atoms with van der Waals surface area (Å²) >= 11 is 0. The minimum Gasteiger partial charge on any atom is -0.377 e. The summed E-state index contributed by atoms with van der Waals surface area (Å²) in [5, 5.41) is 0. The number of sulfonamides is 1. The maximum Gasteiger partial charge on any atom is 0.261 e. The van der Waals surface area contributed by atoms with Gasteiger partial charge in [0.2, 0.25) is 0 Å². The number of hydrogen-bond donors (Lipinski definition) is 1. The Bertz CT molecular complexity index is 737. The van der Waals surface area contributed by atoms with Crippen LogP contribution in [0.3, 0.4) is 0 Å². The van der Waals surface area contributed by atoms with E-state index in [1.165, 1.54) is 0 Å². The summed E-state index contributed by atoms with van der Waals surface area (Å²) in [4.78, 5) is 0.258. The summed E-state index contributed by atoms with van der Waals surface area (Å²) in [6.07, 6.45) is 0. The number of hydrogen-bond acceptors (Lipinski definition) is 3. The zero-order valence-corrected chi connectivity index (χ0v) is 14.6. The van der Waals surface area contributed by atoms with E-state index in [0.29, 0.717) is 24.8 Å². The van der Waals surface area contributed by atoms with E-state index in [0.717, 1.165) is 11.1 Å². The predicted molar refractivity (Wildman–Crippen MR) is 93.1 cm³/mol. The third-order valence-corrected chi connectivity index (χ3v) is 4.96. The molecular weight excluding hydrogens is 310 g/mol. The number of benzene rings is 2. The highest BCUT2D eigenvalue weighted by Gasteiger charge is 2.16. The summed E-state index contributed by atoms with van der Waals surface area (Å²) in [6.45, 7) is 7.01. The molecule has 0 heterocycles. The number of ether oxygens (including phenoxy) is 1. The maximum atomic E-state index is 12.6. The molecule has 0 aromatic heterocycles. The van der Waals surface area contributed by atoms with E-state index in [2.05, 4.69) is 18.6 Å².